The number of para-hydroxylation sites is 1. The lowest BCUT2D eigenvalue weighted by atomic mass is 10.2. The van der Waals surface area contributed by atoms with Gasteiger partial charge in [-0.3, -0.25) is 9.78 Å². The minimum atomic E-state index is -2.56. The zero-order valence-corrected chi connectivity index (χ0v) is 11.6. The van der Waals surface area contributed by atoms with Crippen LogP contribution in [0.5, 0.6) is 0 Å². The first-order valence-corrected chi connectivity index (χ1v) is 6.78. The van der Waals surface area contributed by atoms with Gasteiger partial charge >= 0.3 is 0 Å². The summed E-state index contributed by atoms with van der Waals surface area (Å²) in [6.45, 7) is 0. The van der Waals surface area contributed by atoms with E-state index in [0.29, 0.717) is 17.4 Å². The van der Waals surface area contributed by atoms with E-state index in [1.165, 1.54) is 24.5 Å². The number of aromatic nitrogens is 1. The average Bonchev–Trinajstić information content (AvgIpc) is 2.41. The SMILES string of the molecule is O=C(Nc1ccccc1SC(F)F)c1cnccc1Cl. The Morgan fingerprint density at radius 1 is 1.30 bits per heavy atom. The number of anilines is 1. The number of hydrogen-bond donors (Lipinski definition) is 1. The topological polar surface area (TPSA) is 42.0 Å². The smallest absolute Gasteiger partial charge is 0.288 e. The predicted octanol–water partition coefficient (Wildman–Crippen LogP) is 4.30. The maximum Gasteiger partial charge on any atom is 0.288 e. The molecule has 0 aliphatic rings. The van der Waals surface area contributed by atoms with Crippen LogP contribution in [0.25, 0.3) is 0 Å². The van der Waals surface area contributed by atoms with E-state index in [-0.39, 0.29) is 15.5 Å². The van der Waals surface area contributed by atoms with E-state index in [4.69, 9.17) is 11.6 Å². The lowest BCUT2D eigenvalue weighted by Crippen LogP contribution is -2.13. The van der Waals surface area contributed by atoms with Crippen LogP contribution < -0.4 is 5.32 Å². The highest BCUT2D eigenvalue weighted by molar-refractivity contribution is 7.99. The number of amides is 1. The molecule has 1 aromatic carbocycles. The molecule has 20 heavy (non-hydrogen) atoms. The number of nitrogens with one attached hydrogen (secondary N) is 1. The second kappa shape index (κ2) is 6.67. The van der Waals surface area contributed by atoms with Gasteiger partial charge in [0.2, 0.25) is 0 Å². The first-order valence-electron chi connectivity index (χ1n) is 5.52. The Balaban J connectivity index is 2.22. The molecular formula is C13H9ClF2N2OS. The van der Waals surface area contributed by atoms with Crippen molar-refractivity contribution in [2.24, 2.45) is 0 Å². The summed E-state index contributed by atoms with van der Waals surface area (Å²) in [5.74, 6) is -3.06. The van der Waals surface area contributed by atoms with Crippen LogP contribution in [0.4, 0.5) is 14.5 Å². The van der Waals surface area contributed by atoms with Gasteiger partial charge in [-0.05, 0) is 18.2 Å². The van der Waals surface area contributed by atoms with Gasteiger partial charge in [-0.1, -0.05) is 35.5 Å². The lowest BCUT2D eigenvalue weighted by Gasteiger charge is -2.10. The number of benzene rings is 1. The molecule has 0 fully saturated rings. The van der Waals surface area contributed by atoms with Crippen LogP contribution >= 0.6 is 23.4 Å². The molecule has 0 atom stereocenters. The fraction of sp³-hybridized carbons (Fsp3) is 0.0769. The highest BCUT2D eigenvalue weighted by Crippen LogP contribution is 2.32. The van der Waals surface area contributed by atoms with Gasteiger partial charge in [0.1, 0.15) is 0 Å². The quantitative estimate of drug-likeness (QED) is 0.855. The largest absolute Gasteiger partial charge is 0.321 e. The van der Waals surface area contributed by atoms with Crippen molar-refractivity contribution in [2.45, 2.75) is 10.7 Å². The predicted molar refractivity (Wildman–Crippen MR) is 75.5 cm³/mol. The van der Waals surface area contributed by atoms with Gasteiger partial charge in [0, 0.05) is 17.3 Å². The van der Waals surface area contributed by atoms with Crippen molar-refractivity contribution in [1.82, 2.24) is 4.98 Å². The Bertz CT molecular complexity index is 625. The number of nitrogens with zero attached hydrogens (tertiary/aromatic N) is 1. The number of pyridine rings is 1. The Morgan fingerprint density at radius 3 is 2.75 bits per heavy atom. The van der Waals surface area contributed by atoms with Crippen LogP contribution in [0.1, 0.15) is 10.4 Å². The Hall–Kier alpha value is -1.66. The third-order valence-corrected chi connectivity index (χ3v) is 3.48. The molecular weight excluding hydrogens is 306 g/mol. The molecule has 1 aromatic heterocycles. The molecule has 2 aromatic rings. The Labute approximate surface area is 123 Å². The van der Waals surface area contributed by atoms with Crippen molar-refractivity contribution in [1.29, 1.82) is 0 Å². The van der Waals surface area contributed by atoms with E-state index < -0.39 is 11.7 Å². The fourth-order valence-electron chi connectivity index (χ4n) is 1.50. The molecule has 0 spiro atoms. The van der Waals surface area contributed by atoms with Crippen LogP contribution in [0.3, 0.4) is 0 Å². The number of alkyl halides is 2. The third-order valence-electron chi connectivity index (χ3n) is 2.36. The molecule has 1 amide bonds. The van der Waals surface area contributed by atoms with E-state index in [1.807, 2.05) is 0 Å². The summed E-state index contributed by atoms with van der Waals surface area (Å²) in [6.07, 6.45) is 2.78. The molecule has 1 N–H and O–H groups in total. The number of hydrogen-bond acceptors (Lipinski definition) is 3. The monoisotopic (exact) mass is 314 g/mol. The third kappa shape index (κ3) is 3.68. The van der Waals surface area contributed by atoms with Gasteiger partial charge in [-0.2, -0.15) is 8.78 Å². The van der Waals surface area contributed by atoms with Crippen molar-refractivity contribution in [2.75, 3.05) is 5.32 Å². The van der Waals surface area contributed by atoms with Gasteiger partial charge < -0.3 is 5.32 Å². The van der Waals surface area contributed by atoms with Crippen molar-refractivity contribution >= 4 is 35.0 Å². The van der Waals surface area contributed by atoms with E-state index in [2.05, 4.69) is 10.3 Å². The summed E-state index contributed by atoms with van der Waals surface area (Å²) in [6, 6.07) is 7.81. The molecule has 0 radical (unpaired) electrons. The number of carbonyl (C=O) groups excluding carboxylic acids is 1. The van der Waals surface area contributed by atoms with Gasteiger partial charge in [0.25, 0.3) is 11.7 Å². The van der Waals surface area contributed by atoms with E-state index in [0.717, 1.165) is 0 Å². The molecule has 3 nitrogen and oxygen atoms in total. The van der Waals surface area contributed by atoms with Gasteiger partial charge in [-0.15, -0.1) is 0 Å². The second-order valence-electron chi connectivity index (χ2n) is 3.68. The summed E-state index contributed by atoms with van der Waals surface area (Å²) in [5, 5.41) is 2.80. The van der Waals surface area contributed by atoms with Crippen LogP contribution in [-0.4, -0.2) is 16.6 Å². The van der Waals surface area contributed by atoms with E-state index in [9.17, 15) is 13.6 Å². The molecule has 7 heteroatoms. The zero-order valence-electron chi connectivity index (χ0n) is 10.0. The molecule has 0 unspecified atom stereocenters. The highest BCUT2D eigenvalue weighted by atomic mass is 35.5. The highest BCUT2D eigenvalue weighted by Gasteiger charge is 2.14. The number of carbonyl (C=O) groups is 1. The van der Waals surface area contributed by atoms with Crippen molar-refractivity contribution < 1.29 is 13.6 Å². The average molecular weight is 315 g/mol. The summed E-state index contributed by atoms with van der Waals surface area (Å²) in [5.41, 5.74) is 0.494. The van der Waals surface area contributed by atoms with Gasteiger partial charge in [-0.25, -0.2) is 0 Å². The lowest BCUT2D eigenvalue weighted by molar-refractivity contribution is 0.102. The van der Waals surface area contributed by atoms with Crippen molar-refractivity contribution in [3.8, 4) is 0 Å². The summed E-state index contributed by atoms with van der Waals surface area (Å²) >= 11 is 6.25. The molecule has 104 valence electrons. The molecule has 0 aliphatic carbocycles. The van der Waals surface area contributed by atoms with Crippen molar-refractivity contribution in [3.05, 3.63) is 53.3 Å². The molecule has 0 saturated carbocycles. The minimum absolute atomic E-state index is 0.186. The van der Waals surface area contributed by atoms with Gasteiger partial charge in [0.05, 0.1) is 16.3 Å². The van der Waals surface area contributed by atoms with Crippen LogP contribution in [0, 0.1) is 0 Å². The maximum absolute atomic E-state index is 12.4. The van der Waals surface area contributed by atoms with Crippen LogP contribution in [-0.2, 0) is 0 Å². The first-order chi connectivity index (χ1) is 9.58. The van der Waals surface area contributed by atoms with Crippen LogP contribution in [0.2, 0.25) is 5.02 Å². The fourth-order valence-corrected chi connectivity index (χ4v) is 2.29. The second-order valence-corrected chi connectivity index (χ2v) is 5.12. The summed E-state index contributed by atoms with van der Waals surface area (Å²) in [7, 11) is 0. The Kier molecular flexibility index (Phi) is 4.92. The van der Waals surface area contributed by atoms with Gasteiger partial charge in [0.15, 0.2) is 0 Å². The maximum atomic E-state index is 12.4. The normalized spacial score (nSPS) is 10.6. The number of rotatable bonds is 4. The number of thioether (sulfide) groups is 1. The zero-order chi connectivity index (χ0) is 14.5. The standard InChI is InChI=1S/C13H9ClF2N2OS/c14-9-5-6-17-7-8(9)12(19)18-10-3-1-2-4-11(10)20-13(15)16/h1-7,13H,(H,18,19). The molecule has 2 rings (SSSR count). The number of halogens is 3. The Morgan fingerprint density at radius 2 is 2.05 bits per heavy atom. The van der Waals surface area contributed by atoms with E-state index >= 15 is 0 Å². The van der Waals surface area contributed by atoms with Crippen LogP contribution in [0.15, 0.2) is 47.6 Å². The molecule has 1 heterocycles. The summed E-state index contributed by atoms with van der Waals surface area (Å²) < 4.78 is 24.9. The molecule has 0 saturated heterocycles. The van der Waals surface area contributed by atoms with E-state index in [1.54, 1.807) is 18.2 Å². The molecule has 0 bridgehead atoms. The molecule has 0 aliphatic heterocycles. The first kappa shape index (κ1) is 14.7. The summed E-state index contributed by atoms with van der Waals surface area (Å²) in [4.78, 5) is 16.1. The van der Waals surface area contributed by atoms with Crippen molar-refractivity contribution in [3.63, 3.8) is 0 Å². The minimum Gasteiger partial charge on any atom is -0.321 e.